The molecule has 1 saturated heterocycles. The fourth-order valence-electron chi connectivity index (χ4n) is 3.03. The Morgan fingerprint density at radius 2 is 1.58 bits per heavy atom. The van der Waals surface area contributed by atoms with Crippen LogP contribution in [0.1, 0.15) is 20.7 Å². The third kappa shape index (κ3) is 3.79. The summed E-state index contributed by atoms with van der Waals surface area (Å²) < 4.78 is 9.90. The standard InChI is InChI=1S/C20H22N2O4/c1-25-18-5-3-4-16(14-18)19(23)22-12-10-21(11-13-22)17-8-6-15(7-9-17)20(24)26-2/h3-9,14H,10-13H2,1-2H3. The van der Waals surface area contributed by atoms with Gasteiger partial charge in [-0.3, -0.25) is 4.79 Å². The molecule has 2 aromatic carbocycles. The minimum Gasteiger partial charge on any atom is -0.497 e. The van der Waals surface area contributed by atoms with Crippen molar-refractivity contribution in [3.05, 3.63) is 59.7 Å². The average molecular weight is 354 g/mol. The number of carbonyl (C=O) groups is 2. The second-order valence-electron chi connectivity index (χ2n) is 6.05. The molecule has 6 nitrogen and oxygen atoms in total. The Morgan fingerprint density at radius 3 is 2.19 bits per heavy atom. The molecule has 6 heteroatoms. The number of methoxy groups -OCH3 is 2. The lowest BCUT2D eigenvalue weighted by atomic mass is 10.1. The van der Waals surface area contributed by atoms with Gasteiger partial charge < -0.3 is 19.3 Å². The number of rotatable bonds is 4. The second kappa shape index (κ2) is 7.91. The van der Waals surface area contributed by atoms with Gasteiger partial charge in [0.2, 0.25) is 0 Å². The predicted octanol–water partition coefficient (Wildman–Crippen LogP) is 2.44. The molecule has 0 bridgehead atoms. The summed E-state index contributed by atoms with van der Waals surface area (Å²) in [6.45, 7) is 2.78. The number of hydrogen-bond acceptors (Lipinski definition) is 5. The van der Waals surface area contributed by atoms with Gasteiger partial charge in [-0.1, -0.05) is 6.07 Å². The highest BCUT2D eigenvalue weighted by Gasteiger charge is 2.22. The lowest BCUT2D eigenvalue weighted by Crippen LogP contribution is -2.48. The summed E-state index contributed by atoms with van der Waals surface area (Å²) in [5.74, 6) is 0.357. The summed E-state index contributed by atoms with van der Waals surface area (Å²) >= 11 is 0. The predicted molar refractivity (Wildman–Crippen MR) is 98.9 cm³/mol. The van der Waals surface area contributed by atoms with Crippen molar-refractivity contribution in [3.63, 3.8) is 0 Å². The van der Waals surface area contributed by atoms with Crippen molar-refractivity contribution in [2.45, 2.75) is 0 Å². The van der Waals surface area contributed by atoms with E-state index in [0.717, 1.165) is 18.8 Å². The van der Waals surface area contributed by atoms with Gasteiger partial charge in [0, 0.05) is 37.4 Å². The number of anilines is 1. The van der Waals surface area contributed by atoms with E-state index in [0.29, 0.717) is 30.0 Å². The second-order valence-corrected chi connectivity index (χ2v) is 6.05. The molecule has 1 fully saturated rings. The van der Waals surface area contributed by atoms with Crippen LogP contribution in [0.3, 0.4) is 0 Å². The molecule has 0 radical (unpaired) electrons. The molecule has 0 spiro atoms. The van der Waals surface area contributed by atoms with E-state index >= 15 is 0 Å². The minimum absolute atomic E-state index is 0.0181. The molecular formula is C20H22N2O4. The quantitative estimate of drug-likeness (QED) is 0.790. The number of nitrogens with zero attached hydrogens (tertiary/aromatic N) is 2. The number of piperazine rings is 1. The highest BCUT2D eigenvalue weighted by atomic mass is 16.5. The number of ether oxygens (including phenoxy) is 2. The van der Waals surface area contributed by atoms with Crippen LogP contribution < -0.4 is 9.64 Å². The molecule has 0 atom stereocenters. The summed E-state index contributed by atoms with van der Waals surface area (Å²) in [7, 11) is 2.96. The van der Waals surface area contributed by atoms with Crippen LogP contribution in [0.4, 0.5) is 5.69 Å². The molecule has 26 heavy (non-hydrogen) atoms. The van der Waals surface area contributed by atoms with Crippen molar-refractivity contribution in [1.29, 1.82) is 0 Å². The summed E-state index contributed by atoms with van der Waals surface area (Å²) in [6, 6.07) is 14.6. The first-order chi connectivity index (χ1) is 12.6. The highest BCUT2D eigenvalue weighted by molar-refractivity contribution is 5.94. The first-order valence-corrected chi connectivity index (χ1v) is 8.49. The maximum Gasteiger partial charge on any atom is 0.337 e. The number of amides is 1. The van der Waals surface area contributed by atoms with E-state index in [9.17, 15) is 9.59 Å². The van der Waals surface area contributed by atoms with E-state index in [-0.39, 0.29) is 11.9 Å². The number of esters is 1. The van der Waals surface area contributed by atoms with Crippen molar-refractivity contribution in [2.75, 3.05) is 45.3 Å². The number of hydrogen-bond donors (Lipinski definition) is 0. The van der Waals surface area contributed by atoms with Crippen LogP contribution in [0.15, 0.2) is 48.5 Å². The Bertz CT molecular complexity index is 781. The molecule has 2 aromatic rings. The Morgan fingerprint density at radius 1 is 0.885 bits per heavy atom. The zero-order valence-electron chi connectivity index (χ0n) is 15.0. The topological polar surface area (TPSA) is 59.1 Å². The van der Waals surface area contributed by atoms with Gasteiger partial charge in [0.25, 0.3) is 5.91 Å². The molecular weight excluding hydrogens is 332 g/mol. The summed E-state index contributed by atoms with van der Waals surface area (Å²) in [5.41, 5.74) is 2.20. The largest absolute Gasteiger partial charge is 0.497 e. The summed E-state index contributed by atoms with van der Waals surface area (Å²) in [5, 5.41) is 0. The summed E-state index contributed by atoms with van der Waals surface area (Å²) in [6.07, 6.45) is 0. The van der Waals surface area contributed by atoms with Crippen LogP contribution >= 0.6 is 0 Å². The van der Waals surface area contributed by atoms with Crippen LogP contribution in [-0.4, -0.2) is 57.2 Å². The van der Waals surface area contributed by atoms with Crippen LogP contribution in [0.2, 0.25) is 0 Å². The van der Waals surface area contributed by atoms with Crippen LogP contribution in [0.25, 0.3) is 0 Å². The Hall–Kier alpha value is -3.02. The van der Waals surface area contributed by atoms with Crippen LogP contribution in [-0.2, 0) is 4.74 Å². The molecule has 1 amide bonds. The molecule has 1 aliphatic heterocycles. The van der Waals surface area contributed by atoms with Gasteiger partial charge in [0.15, 0.2) is 0 Å². The average Bonchev–Trinajstić information content (AvgIpc) is 2.73. The molecule has 0 saturated carbocycles. The lowest BCUT2D eigenvalue weighted by Gasteiger charge is -2.36. The zero-order chi connectivity index (χ0) is 18.5. The Kier molecular flexibility index (Phi) is 5.41. The van der Waals surface area contributed by atoms with Crippen molar-refractivity contribution >= 4 is 17.6 Å². The molecule has 3 rings (SSSR count). The molecule has 136 valence electrons. The molecule has 1 aliphatic rings. The first kappa shape index (κ1) is 17.8. The fourth-order valence-corrected chi connectivity index (χ4v) is 3.03. The third-order valence-corrected chi connectivity index (χ3v) is 4.54. The Labute approximate surface area is 152 Å². The molecule has 0 N–H and O–H groups in total. The maximum absolute atomic E-state index is 12.7. The van der Waals surface area contributed by atoms with Gasteiger partial charge in [0.05, 0.1) is 19.8 Å². The van der Waals surface area contributed by atoms with Gasteiger partial charge in [-0.15, -0.1) is 0 Å². The van der Waals surface area contributed by atoms with Gasteiger partial charge >= 0.3 is 5.97 Å². The normalized spacial score (nSPS) is 14.1. The third-order valence-electron chi connectivity index (χ3n) is 4.54. The van der Waals surface area contributed by atoms with Crippen LogP contribution in [0.5, 0.6) is 5.75 Å². The maximum atomic E-state index is 12.7. The van der Waals surface area contributed by atoms with Crippen molar-refractivity contribution < 1.29 is 19.1 Å². The highest BCUT2D eigenvalue weighted by Crippen LogP contribution is 2.20. The smallest absolute Gasteiger partial charge is 0.337 e. The van der Waals surface area contributed by atoms with Crippen LogP contribution in [0, 0.1) is 0 Å². The van der Waals surface area contributed by atoms with E-state index in [4.69, 9.17) is 9.47 Å². The van der Waals surface area contributed by atoms with Gasteiger partial charge in [-0.2, -0.15) is 0 Å². The van der Waals surface area contributed by atoms with E-state index < -0.39 is 0 Å². The number of benzene rings is 2. The van der Waals surface area contributed by atoms with E-state index in [1.165, 1.54) is 7.11 Å². The monoisotopic (exact) mass is 354 g/mol. The van der Waals surface area contributed by atoms with Gasteiger partial charge in [-0.25, -0.2) is 4.79 Å². The lowest BCUT2D eigenvalue weighted by molar-refractivity contribution is 0.0600. The Balaban J connectivity index is 1.61. The summed E-state index contributed by atoms with van der Waals surface area (Å²) in [4.78, 5) is 28.2. The zero-order valence-corrected chi connectivity index (χ0v) is 15.0. The molecule has 0 aliphatic carbocycles. The fraction of sp³-hybridized carbons (Fsp3) is 0.300. The van der Waals surface area contributed by atoms with E-state index in [1.807, 2.05) is 35.2 Å². The van der Waals surface area contributed by atoms with Gasteiger partial charge in [-0.05, 0) is 42.5 Å². The van der Waals surface area contributed by atoms with Gasteiger partial charge in [0.1, 0.15) is 5.75 Å². The van der Waals surface area contributed by atoms with E-state index in [1.54, 1.807) is 25.3 Å². The van der Waals surface area contributed by atoms with E-state index in [2.05, 4.69) is 4.90 Å². The van der Waals surface area contributed by atoms with Crippen molar-refractivity contribution in [3.8, 4) is 5.75 Å². The first-order valence-electron chi connectivity index (χ1n) is 8.49. The SMILES string of the molecule is COC(=O)c1ccc(N2CCN(C(=O)c3cccc(OC)c3)CC2)cc1. The minimum atomic E-state index is -0.342. The molecule has 1 heterocycles. The molecule has 0 unspecified atom stereocenters. The molecule has 0 aromatic heterocycles. The van der Waals surface area contributed by atoms with Crippen molar-refractivity contribution in [1.82, 2.24) is 4.90 Å². The van der Waals surface area contributed by atoms with Crippen molar-refractivity contribution in [2.24, 2.45) is 0 Å². The number of carbonyl (C=O) groups excluding carboxylic acids is 2.